The Morgan fingerprint density at radius 3 is 2.57 bits per heavy atom. The van der Waals surface area contributed by atoms with Gasteiger partial charge >= 0.3 is 5.97 Å². The summed E-state index contributed by atoms with van der Waals surface area (Å²) in [5.74, 6) is -0.459. The van der Waals surface area contributed by atoms with E-state index >= 15 is 0 Å². The van der Waals surface area contributed by atoms with Gasteiger partial charge in [0.15, 0.2) is 9.96 Å². The third kappa shape index (κ3) is 4.95. The summed E-state index contributed by atoms with van der Waals surface area (Å²) in [6.07, 6.45) is 0.980. The average molecular weight is 336 g/mol. The van der Waals surface area contributed by atoms with Crippen molar-refractivity contribution in [2.75, 3.05) is 33.9 Å². The molecule has 9 heteroatoms. The van der Waals surface area contributed by atoms with Gasteiger partial charge in [-0.3, -0.25) is 0 Å². The number of thiophene rings is 1. The number of nitrogens with one attached hydrogen (secondary N) is 2. The molecule has 0 bridgehead atoms. The van der Waals surface area contributed by atoms with Crippen LogP contribution < -0.4 is 14.8 Å². The van der Waals surface area contributed by atoms with Crippen LogP contribution in [-0.4, -0.2) is 48.2 Å². The van der Waals surface area contributed by atoms with Crippen molar-refractivity contribution in [1.82, 2.24) is 10.0 Å². The van der Waals surface area contributed by atoms with Crippen molar-refractivity contribution in [2.24, 2.45) is 0 Å². The maximum atomic E-state index is 12.2. The van der Waals surface area contributed by atoms with E-state index in [0.29, 0.717) is 6.54 Å². The molecule has 1 rings (SSSR count). The van der Waals surface area contributed by atoms with Crippen LogP contribution in [0.1, 0.15) is 23.0 Å². The van der Waals surface area contributed by atoms with Gasteiger partial charge in [-0.1, -0.05) is 6.92 Å². The summed E-state index contributed by atoms with van der Waals surface area (Å²) in [6.45, 7) is 3.65. The minimum Gasteiger partial charge on any atom is -0.494 e. The summed E-state index contributed by atoms with van der Waals surface area (Å²) in [5.41, 5.74) is 0. The molecule has 0 aliphatic heterocycles. The first kappa shape index (κ1) is 17.9. The summed E-state index contributed by atoms with van der Waals surface area (Å²) in [6, 6.07) is 1.36. The van der Waals surface area contributed by atoms with Gasteiger partial charge in [0.25, 0.3) is 10.0 Å². The van der Waals surface area contributed by atoms with Gasteiger partial charge in [0.05, 0.1) is 14.2 Å². The smallest absolute Gasteiger partial charge is 0.348 e. The molecule has 0 saturated carbocycles. The zero-order chi connectivity index (χ0) is 15.9. The van der Waals surface area contributed by atoms with E-state index in [4.69, 9.17) is 4.74 Å². The van der Waals surface area contributed by atoms with E-state index in [1.54, 1.807) is 0 Å². The number of esters is 1. The fraction of sp³-hybridized carbons (Fsp3) is 0.583. The Hall–Kier alpha value is -1.16. The monoisotopic (exact) mass is 336 g/mol. The van der Waals surface area contributed by atoms with Crippen molar-refractivity contribution in [3.63, 3.8) is 0 Å². The Labute approximate surface area is 128 Å². The van der Waals surface area contributed by atoms with Crippen LogP contribution in [0.5, 0.6) is 5.75 Å². The third-order valence-electron chi connectivity index (χ3n) is 2.54. The fourth-order valence-electron chi connectivity index (χ4n) is 1.53. The molecule has 2 N–H and O–H groups in total. The van der Waals surface area contributed by atoms with Crippen LogP contribution in [-0.2, 0) is 14.8 Å². The van der Waals surface area contributed by atoms with Crippen molar-refractivity contribution in [3.05, 3.63) is 10.9 Å². The molecule has 1 aromatic heterocycles. The molecule has 120 valence electrons. The second kappa shape index (κ2) is 8.32. The van der Waals surface area contributed by atoms with E-state index in [-0.39, 0.29) is 21.4 Å². The second-order valence-corrected chi connectivity index (χ2v) is 7.12. The highest BCUT2D eigenvalue weighted by atomic mass is 32.2. The molecule has 1 aromatic rings. The SMILES string of the molecule is CCCNCCNS(=O)(=O)c1sc(C(=O)OC)cc1OC. The van der Waals surface area contributed by atoms with Crippen molar-refractivity contribution in [2.45, 2.75) is 17.6 Å². The first-order valence-electron chi connectivity index (χ1n) is 6.42. The van der Waals surface area contributed by atoms with Gasteiger partial charge in [-0.15, -0.1) is 11.3 Å². The standard InChI is InChI=1S/C12H20N2O5S2/c1-4-5-13-6-7-14-21(16,17)12-9(18-2)8-10(20-12)11(15)19-3/h8,13-14H,4-7H2,1-3H3. The number of carbonyl (C=O) groups excluding carboxylic acids is 1. The van der Waals surface area contributed by atoms with Crippen molar-refractivity contribution < 1.29 is 22.7 Å². The number of rotatable bonds is 9. The minimum atomic E-state index is -3.72. The van der Waals surface area contributed by atoms with E-state index in [1.807, 2.05) is 6.92 Å². The van der Waals surface area contributed by atoms with E-state index < -0.39 is 16.0 Å². The van der Waals surface area contributed by atoms with Crippen molar-refractivity contribution >= 4 is 27.3 Å². The number of hydrogen-bond acceptors (Lipinski definition) is 7. The number of sulfonamides is 1. The lowest BCUT2D eigenvalue weighted by atomic mass is 10.4. The molecule has 0 aliphatic carbocycles. The normalized spacial score (nSPS) is 11.4. The molecule has 0 atom stereocenters. The van der Waals surface area contributed by atoms with Gasteiger partial charge in [0.1, 0.15) is 4.88 Å². The maximum absolute atomic E-state index is 12.2. The predicted octanol–water partition coefficient (Wildman–Crippen LogP) is 0.821. The van der Waals surface area contributed by atoms with Gasteiger partial charge in [-0.25, -0.2) is 17.9 Å². The number of ether oxygens (including phenoxy) is 2. The van der Waals surface area contributed by atoms with Crippen LogP contribution in [0.4, 0.5) is 0 Å². The zero-order valence-electron chi connectivity index (χ0n) is 12.3. The molecular formula is C12H20N2O5S2. The Morgan fingerprint density at radius 1 is 1.29 bits per heavy atom. The largest absolute Gasteiger partial charge is 0.494 e. The number of methoxy groups -OCH3 is 2. The first-order chi connectivity index (χ1) is 9.96. The van der Waals surface area contributed by atoms with Crippen LogP contribution in [0.15, 0.2) is 10.3 Å². The summed E-state index contributed by atoms with van der Waals surface area (Å²) in [4.78, 5) is 11.6. The molecule has 1 heterocycles. The third-order valence-corrected chi connectivity index (χ3v) is 5.61. The number of hydrogen-bond donors (Lipinski definition) is 2. The molecule has 0 fully saturated rings. The van der Waals surface area contributed by atoms with Crippen LogP contribution in [0.25, 0.3) is 0 Å². The second-order valence-electron chi connectivity index (χ2n) is 4.11. The molecule has 0 amide bonds. The van der Waals surface area contributed by atoms with Gasteiger partial charge < -0.3 is 14.8 Å². The molecule has 21 heavy (non-hydrogen) atoms. The van der Waals surface area contributed by atoms with Gasteiger partial charge in [0, 0.05) is 19.2 Å². The Morgan fingerprint density at radius 2 is 2.00 bits per heavy atom. The number of carbonyl (C=O) groups is 1. The van der Waals surface area contributed by atoms with Crippen molar-refractivity contribution in [3.8, 4) is 5.75 Å². The highest BCUT2D eigenvalue weighted by Gasteiger charge is 2.25. The molecule has 0 unspecified atom stereocenters. The quantitative estimate of drug-likeness (QED) is 0.512. The van der Waals surface area contributed by atoms with E-state index in [2.05, 4.69) is 14.8 Å². The molecular weight excluding hydrogens is 316 g/mol. The molecule has 0 radical (unpaired) electrons. The summed E-state index contributed by atoms with van der Waals surface area (Å²) < 4.78 is 36.5. The fourth-order valence-corrected chi connectivity index (χ4v) is 4.10. The molecule has 0 spiro atoms. The first-order valence-corrected chi connectivity index (χ1v) is 8.72. The van der Waals surface area contributed by atoms with Gasteiger partial charge in [-0.2, -0.15) is 0 Å². The topological polar surface area (TPSA) is 93.7 Å². The lowest BCUT2D eigenvalue weighted by molar-refractivity contribution is 0.0606. The van der Waals surface area contributed by atoms with Crippen LogP contribution in [0, 0.1) is 0 Å². The van der Waals surface area contributed by atoms with Crippen molar-refractivity contribution in [1.29, 1.82) is 0 Å². The minimum absolute atomic E-state index is 0.0270. The molecule has 0 aliphatic rings. The lowest BCUT2D eigenvalue weighted by Gasteiger charge is -2.07. The predicted molar refractivity (Wildman–Crippen MR) is 80.6 cm³/mol. The van der Waals surface area contributed by atoms with Crippen LogP contribution in [0.3, 0.4) is 0 Å². The van der Waals surface area contributed by atoms with Gasteiger partial charge in [-0.05, 0) is 13.0 Å². The molecule has 0 saturated heterocycles. The summed E-state index contributed by atoms with van der Waals surface area (Å²) >= 11 is 0.822. The molecule has 0 aromatic carbocycles. The highest BCUT2D eigenvalue weighted by Crippen LogP contribution is 2.33. The summed E-state index contributed by atoms with van der Waals surface area (Å²) in [7, 11) is -1.13. The van der Waals surface area contributed by atoms with E-state index in [9.17, 15) is 13.2 Å². The summed E-state index contributed by atoms with van der Waals surface area (Å²) in [5, 5.41) is 3.09. The zero-order valence-corrected chi connectivity index (χ0v) is 13.9. The average Bonchev–Trinajstić information content (AvgIpc) is 2.91. The Balaban J connectivity index is 2.82. The van der Waals surface area contributed by atoms with Gasteiger partial charge in [0.2, 0.25) is 0 Å². The maximum Gasteiger partial charge on any atom is 0.348 e. The van der Waals surface area contributed by atoms with E-state index in [0.717, 1.165) is 24.3 Å². The highest BCUT2D eigenvalue weighted by molar-refractivity contribution is 7.91. The van der Waals surface area contributed by atoms with Crippen LogP contribution >= 0.6 is 11.3 Å². The lowest BCUT2D eigenvalue weighted by Crippen LogP contribution is -2.31. The molecule has 7 nitrogen and oxygen atoms in total. The van der Waals surface area contributed by atoms with Crippen LogP contribution in [0.2, 0.25) is 0 Å². The van der Waals surface area contributed by atoms with E-state index in [1.165, 1.54) is 20.3 Å². The Bertz CT molecular complexity index is 568. The Kier molecular flexibility index (Phi) is 7.09.